The number of nitrogen functional groups attached to an aromatic ring is 1. The Morgan fingerprint density at radius 1 is 1.32 bits per heavy atom. The zero-order valence-electron chi connectivity index (χ0n) is 14.7. The zero-order valence-corrected chi connectivity index (χ0v) is 15.5. The van der Waals surface area contributed by atoms with Crippen LogP contribution in [0.5, 0.6) is 0 Å². The fraction of sp³-hybridized carbons (Fsp3) is 0.333. The molecule has 25 heavy (non-hydrogen) atoms. The number of hydrogen-bond donors (Lipinski definition) is 3. The van der Waals surface area contributed by atoms with Crippen molar-refractivity contribution in [3.8, 4) is 0 Å². The monoisotopic (exact) mass is 362 g/mol. The smallest absolute Gasteiger partial charge is 0.341 e. The molecule has 1 aromatic heterocycles. The Hall–Kier alpha value is -2.38. The standard InChI is InChI=1S/C18H23N3O3S/c1-4-24-18(23)14-13(15(17(22)20-3)25-16(14)19)10-21-11(2)12-8-6-5-7-9-12/h5-9,11,21H,4,10,19H2,1-3H3,(H,20,22)/p+1/t11-/m1/s1. The summed E-state index contributed by atoms with van der Waals surface area (Å²) in [6.07, 6.45) is 0. The minimum absolute atomic E-state index is 0.176. The molecule has 1 heterocycles. The first-order valence-corrected chi connectivity index (χ1v) is 8.99. The van der Waals surface area contributed by atoms with Crippen LogP contribution >= 0.6 is 11.3 Å². The molecular weight excluding hydrogens is 338 g/mol. The molecule has 0 spiro atoms. The Kier molecular flexibility index (Phi) is 6.55. The van der Waals surface area contributed by atoms with Crippen molar-refractivity contribution in [3.63, 3.8) is 0 Å². The van der Waals surface area contributed by atoms with Gasteiger partial charge in [0.25, 0.3) is 5.91 Å². The van der Waals surface area contributed by atoms with Crippen molar-refractivity contribution in [1.82, 2.24) is 5.32 Å². The summed E-state index contributed by atoms with van der Waals surface area (Å²) in [6, 6.07) is 10.2. The van der Waals surface area contributed by atoms with E-state index in [1.807, 2.05) is 18.2 Å². The average molecular weight is 362 g/mol. The molecule has 6 nitrogen and oxygen atoms in total. The average Bonchev–Trinajstić information content (AvgIpc) is 2.96. The predicted molar refractivity (Wildman–Crippen MR) is 98.6 cm³/mol. The molecule has 2 aromatic rings. The summed E-state index contributed by atoms with van der Waals surface area (Å²) in [5.74, 6) is -0.731. The van der Waals surface area contributed by atoms with Crippen molar-refractivity contribution >= 4 is 28.2 Å². The number of quaternary nitrogens is 1. The van der Waals surface area contributed by atoms with E-state index in [1.54, 1.807) is 14.0 Å². The highest BCUT2D eigenvalue weighted by atomic mass is 32.1. The molecule has 1 amide bonds. The van der Waals surface area contributed by atoms with Gasteiger partial charge in [-0.25, -0.2) is 4.79 Å². The van der Waals surface area contributed by atoms with Crippen LogP contribution in [0.15, 0.2) is 30.3 Å². The molecule has 0 fully saturated rings. The molecule has 0 unspecified atom stereocenters. The molecule has 7 heteroatoms. The molecule has 0 saturated heterocycles. The molecule has 0 radical (unpaired) electrons. The number of amides is 1. The van der Waals surface area contributed by atoms with E-state index in [-0.39, 0.29) is 18.6 Å². The number of ether oxygens (including phenoxy) is 1. The van der Waals surface area contributed by atoms with Crippen LogP contribution in [0, 0.1) is 0 Å². The first kappa shape index (κ1) is 19.0. The number of benzene rings is 1. The SMILES string of the molecule is CCOC(=O)c1c(N)sc(C(=O)NC)c1C[NH2+][C@H](C)c1ccccc1. The summed E-state index contributed by atoms with van der Waals surface area (Å²) in [5, 5.41) is 4.99. The highest BCUT2D eigenvalue weighted by molar-refractivity contribution is 7.18. The second kappa shape index (κ2) is 8.64. The van der Waals surface area contributed by atoms with Gasteiger partial charge in [0.1, 0.15) is 28.0 Å². The van der Waals surface area contributed by atoms with Crippen LogP contribution in [-0.4, -0.2) is 25.5 Å². The number of hydrogen-bond acceptors (Lipinski definition) is 5. The Labute approximate surface area is 151 Å². The largest absolute Gasteiger partial charge is 0.462 e. The number of thiophene rings is 1. The molecule has 0 aliphatic carbocycles. The van der Waals surface area contributed by atoms with Crippen LogP contribution in [0.2, 0.25) is 0 Å². The van der Waals surface area contributed by atoms with Crippen LogP contribution in [0.25, 0.3) is 0 Å². The third-order valence-electron chi connectivity index (χ3n) is 3.95. The lowest BCUT2D eigenvalue weighted by Crippen LogP contribution is -2.83. The third kappa shape index (κ3) is 4.37. The molecule has 0 aliphatic heterocycles. The van der Waals surface area contributed by atoms with E-state index in [1.165, 1.54) is 5.56 Å². The Morgan fingerprint density at radius 3 is 2.60 bits per heavy atom. The topological polar surface area (TPSA) is 98.0 Å². The maximum Gasteiger partial charge on any atom is 0.341 e. The highest BCUT2D eigenvalue weighted by Crippen LogP contribution is 2.31. The van der Waals surface area contributed by atoms with E-state index in [2.05, 4.69) is 29.7 Å². The van der Waals surface area contributed by atoms with Gasteiger partial charge >= 0.3 is 5.97 Å². The van der Waals surface area contributed by atoms with Crippen molar-refractivity contribution in [1.29, 1.82) is 0 Å². The molecule has 0 saturated carbocycles. The number of anilines is 1. The van der Waals surface area contributed by atoms with Crippen molar-refractivity contribution in [2.45, 2.75) is 26.4 Å². The molecule has 134 valence electrons. The van der Waals surface area contributed by atoms with E-state index in [0.29, 0.717) is 27.5 Å². The quantitative estimate of drug-likeness (QED) is 0.653. The Balaban J connectivity index is 2.30. The van der Waals surface area contributed by atoms with Gasteiger partial charge in [-0.2, -0.15) is 0 Å². The number of nitrogens with two attached hydrogens (primary N) is 2. The first-order chi connectivity index (χ1) is 12.0. The van der Waals surface area contributed by atoms with E-state index >= 15 is 0 Å². The molecule has 5 N–H and O–H groups in total. The molecular formula is C18H24N3O3S+. The number of esters is 1. The first-order valence-electron chi connectivity index (χ1n) is 8.18. The van der Waals surface area contributed by atoms with Gasteiger partial charge in [0.2, 0.25) is 0 Å². The maximum atomic E-state index is 12.3. The molecule has 2 rings (SSSR count). The van der Waals surface area contributed by atoms with Crippen LogP contribution in [-0.2, 0) is 11.3 Å². The summed E-state index contributed by atoms with van der Waals surface area (Å²) in [7, 11) is 1.56. The second-order valence-corrected chi connectivity index (χ2v) is 6.64. The molecule has 1 atom stereocenters. The number of rotatable bonds is 7. The Morgan fingerprint density at radius 2 is 2.00 bits per heavy atom. The summed E-state index contributed by atoms with van der Waals surface area (Å²) in [6.45, 7) is 4.53. The van der Waals surface area contributed by atoms with Gasteiger partial charge in [0.15, 0.2) is 0 Å². The number of carbonyl (C=O) groups is 2. The lowest BCUT2D eigenvalue weighted by molar-refractivity contribution is -0.707. The van der Waals surface area contributed by atoms with Crippen LogP contribution in [0.1, 0.15) is 51.0 Å². The molecule has 0 aliphatic rings. The van der Waals surface area contributed by atoms with E-state index in [4.69, 9.17) is 10.5 Å². The van der Waals surface area contributed by atoms with Crippen molar-refractivity contribution in [2.75, 3.05) is 19.4 Å². The highest BCUT2D eigenvalue weighted by Gasteiger charge is 2.28. The van der Waals surface area contributed by atoms with Crippen LogP contribution < -0.4 is 16.4 Å². The minimum Gasteiger partial charge on any atom is -0.462 e. The Bertz CT molecular complexity index is 744. The van der Waals surface area contributed by atoms with Gasteiger partial charge in [0, 0.05) is 18.2 Å². The van der Waals surface area contributed by atoms with Crippen molar-refractivity contribution in [3.05, 3.63) is 51.9 Å². The van der Waals surface area contributed by atoms with E-state index in [0.717, 1.165) is 11.3 Å². The van der Waals surface area contributed by atoms with E-state index in [9.17, 15) is 9.59 Å². The van der Waals surface area contributed by atoms with Gasteiger partial charge < -0.3 is 21.1 Å². The number of carbonyl (C=O) groups excluding carboxylic acids is 2. The summed E-state index contributed by atoms with van der Waals surface area (Å²) < 4.78 is 5.11. The van der Waals surface area contributed by atoms with Crippen LogP contribution in [0.4, 0.5) is 5.00 Å². The fourth-order valence-electron chi connectivity index (χ4n) is 2.59. The van der Waals surface area contributed by atoms with Gasteiger partial charge in [0.05, 0.1) is 6.61 Å². The second-order valence-electron chi connectivity index (χ2n) is 5.59. The molecule has 0 bridgehead atoms. The van der Waals surface area contributed by atoms with Crippen LogP contribution in [0.3, 0.4) is 0 Å². The van der Waals surface area contributed by atoms with Gasteiger partial charge in [-0.05, 0) is 13.8 Å². The maximum absolute atomic E-state index is 12.3. The zero-order chi connectivity index (χ0) is 18.4. The number of nitrogens with one attached hydrogen (secondary N) is 1. The summed E-state index contributed by atoms with van der Waals surface area (Å²) in [5.41, 5.74) is 8.11. The van der Waals surface area contributed by atoms with Gasteiger partial charge in [-0.15, -0.1) is 11.3 Å². The van der Waals surface area contributed by atoms with E-state index < -0.39 is 5.97 Å². The summed E-state index contributed by atoms with van der Waals surface area (Å²) in [4.78, 5) is 24.9. The summed E-state index contributed by atoms with van der Waals surface area (Å²) >= 11 is 1.12. The third-order valence-corrected chi connectivity index (χ3v) is 5.01. The lowest BCUT2D eigenvalue weighted by Gasteiger charge is -2.12. The molecule has 1 aromatic carbocycles. The predicted octanol–water partition coefficient (Wildman–Crippen LogP) is 1.69. The van der Waals surface area contributed by atoms with Gasteiger partial charge in [-0.3, -0.25) is 4.79 Å². The van der Waals surface area contributed by atoms with Gasteiger partial charge in [-0.1, -0.05) is 30.3 Å². The van der Waals surface area contributed by atoms with Crippen molar-refractivity contribution in [2.24, 2.45) is 0 Å². The fourth-order valence-corrected chi connectivity index (χ4v) is 3.62. The minimum atomic E-state index is -0.484. The van der Waals surface area contributed by atoms with Crippen molar-refractivity contribution < 1.29 is 19.6 Å². The normalized spacial score (nSPS) is 11.8. The lowest BCUT2D eigenvalue weighted by atomic mass is 10.1.